The Morgan fingerprint density at radius 3 is 2.76 bits per heavy atom. The highest BCUT2D eigenvalue weighted by atomic mass is 14.9. The first-order valence-corrected chi connectivity index (χ1v) is 6.54. The van der Waals surface area contributed by atoms with Gasteiger partial charge in [-0.05, 0) is 41.1 Å². The van der Waals surface area contributed by atoms with Crippen molar-refractivity contribution in [3.05, 3.63) is 48.0 Å². The first-order chi connectivity index (χ1) is 8.36. The summed E-state index contributed by atoms with van der Waals surface area (Å²) in [6.45, 7) is 4.67. The van der Waals surface area contributed by atoms with Gasteiger partial charge in [-0.3, -0.25) is 0 Å². The summed E-state index contributed by atoms with van der Waals surface area (Å²) in [5.74, 6) is 1.44. The fraction of sp³-hybridized carbons (Fsp3) is 0.375. The molecule has 0 spiro atoms. The number of nitrogens with one attached hydrogen (secondary N) is 1. The van der Waals surface area contributed by atoms with Crippen molar-refractivity contribution < 1.29 is 0 Å². The fourth-order valence-corrected chi connectivity index (χ4v) is 2.98. The minimum atomic E-state index is 0.662. The van der Waals surface area contributed by atoms with Crippen molar-refractivity contribution in [2.45, 2.75) is 19.3 Å². The summed E-state index contributed by atoms with van der Waals surface area (Å²) in [4.78, 5) is 0. The van der Waals surface area contributed by atoms with E-state index in [9.17, 15) is 0 Å². The number of rotatable bonds is 1. The van der Waals surface area contributed by atoms with E-state index in [1.165, 1.54) is 29.3 Å². The zero-order valence-electron chi connectivity index (χ0n) is 10.3. The predicted octanol–water partition coefficient (Wildman–Crippen LogP) is 3.55. The van der Waals surface area contributed by atoms with E-state index in [1.54, 1.807) is 0 Å². The third-order valence-electron chi connectivity index (χ3n) is 4.05. The standard InChI is InChI=1S/C16H19N/c1-12-9-10-17-11-16(12)15-8-4-6-13-5-2-3-7-14(13)15/h2-8,12,16-17H,9-11H2,1H3. The molecule has 1 nitrogen and oxygen atoms in total. The number of benzene rings is 2. The second kappa shape index (κ2) is 4.50. The van der Waals surface area contributed by atoms with E-state index in [4.69, 9.17) is 0 Å². The summed E-state index contributed by atoms with van der Waals surface area (Å²) in [6.07, 6.45) is 1.29. The lowest BCUT2D eigenvalue weighted by atomic mass is 9.81. The zero-order chi connectivity index (χ0) is 11.7. The summed E-state index contributed by atoms with van der Waals surface area (Å²) in [5.41, 5.74) is 1.52. The molecule has 1 saturated heterocycles. The maximum Gasteiger partial charge on any atom is 0.00229 e. The highest BCUT2D eigenvalue weighted by molar-refractivity contribution is 5.86. The molecule has 0 radical (unpaired) electrons. The smallest absolute Gasteiger partial charge is 0.00229 e. The summed E-state index contributed by atoms with van der Waals surface area (Å²) in [7, 11) is 0. The molecule has 0 saturated carbocycles. The van der Waals surface area contributed by atoms with E-state index in [1.807, 2.05) is 0 Å². The van der Waals surface area contributed by atoms with Crippen LogP contribution in [0.1, 0.15) is 24.8 Å². The van der Waals surface area contributed by atoms with E-state index in [0.717, 1.165) is 12.5 Å². The number of piperidine rings is 1. The minimum Gasteiger partial charge on any atom is -0.316 e. The van der Waals surface area contributed by atoms with Crippen LogP contribution in [-0.2, 0) is 0 Å². The third kappa shape index (κ3) is 1.96. The average molecular weight is 225 g/mol. The van der Waals surface area contributed by atoms with Crippen LogP contribution in [0.5, 0.6) is 0 Å². The van der Waals surface area contributed by atoms with E-state index in [0.29, 0.717) is 5.92 Å². The van der Waals surface area contributed by atoms with Gasteiger partial charge in [0.15, 0.2) is 0 Å². The molecule has 88 valence electrons. The largest absolute Gasteiger partial charge is 0.316 e. The highest BCUT2D eigenvalue weighted by Crippen LogP contribution is 2.33. The summed E-state index contributed by atoms with van der Waals surface area (Å²) < 4.78 is 0. The van der Waals surface area contributed by atoms with Gasteiger partial charge in [-0.25, -0.2) is 0 Å². The van der Waals surface area contributed by atoms with E-state index < -0.39 is 0 Å². The van der Waals surface area contributed by atoms with Gasteiger partial charge in [-0.2, -0.15) is 0 Å². The maximum atomic E-state index is 3.53. The SMILES string of the molecule is CC1CCNCC1c1cccc2ccccc12. The van der Waals surface area contributed by atoms with Crippen molar-refractivity contribution in [1.82, 2.24) is 5.32 Å². The van der Waals surface area contributed by atoms with Gasteiger partial charge in [0.1, 0.15) is 0 Å². The first-order valence-electron chi connectivity index (χ1n) is 6.54. The molecule has 3 rings (SSSR count). The van der Waals surface area contributed by atoms with Gasteiger partial charge in [0.2, 0.25) is 0 Å². The van der Waals surface area contributed by atoms with Crippen LogP contribution in [0, 0.1) is 5.92 Å². The molecular weight excluding hydrogens is 206 g/mol. The van der Waals surface area contributed by atoms with Crippen LogP contribution in [0.4, 0.5) is 0 Å². The Morgan fingerprint density at radius 2 is 1.88 bits per heavy atom. The molecule has 1 heterocycles. The lowest BCUT2D eigenvalue weighted by Gasteiger charge is -2.30. The topological polar surface area (TPSA) is 12.0 Å². The Labute approximate surface area is 103 Å². The van der Waals surface area contributed by atoms with Crippen LogP contribution in [0.3, 0.4) is 0 Å². The van der Waals surface area contributed by atoms with E-state index in [-0.39, 0.29) is 0 Å². The quantitative estimate of drug-likeness (QED) is 0.782. The average Bonchev–Trinajstić information content (AvgIpc) is 2.39. The van der Waals surface area contributed by atoms with Gasteiger partial charge >= 0.3 is 0 Å². The molecule has 0 bridgehead atoms. The second-order valence-corrected chi connectivity index (χ2v) is 5.14. The van der Waals surface area contributed by atoms with Crippen LogP contribution >= 0.6 is 0 Å². The van der Waals surface area contributed by atoms with Gasteiger partial charge in [-0.15, -0.1) is 0 Å². The molecule has 1 aliphatic rings. The summed E-state index contributed by atoms with van der Waals surface area (Å²) >= 11 is 0. The van der Waals surface area contributed by atoms with Crippen LogP contribution < -0.4 is 5.32 Å². The Balaban J connectivity index is 2.10. The molecule has 1 fully saturated rings. The molecule has 0 aliphatic carbocycles. The Bertz CT molecular complexity index is 512. The fourth-order valence-electron chi connectivity index (χ4n) is 2.98. The Kier molecular flexibility index (Phi) is 2.86. The normalized spacial score (nSPS) is 25.0. The molecule has 2 aromatic rings. The molecule has 2 aromatic carbocycles. The predicted molar refractivity (Wildman–Crippen MR) is 73.3 cm³/mol. The molecule has 1 N–H and O–H groups in total. The zero-order valence-corrected chi connectivity index (χ0v) is 10.3. The number of fused-ring (bicyclic) bond motifs is 1. The third-order valence-corrected chi connectivity index (χ3v) is 4.05. The monoisotopic (exact) mass is 225 g/mol. The second-order valence-electron chi connectivity index (χ2n) is 5.14. The van der Waals surface area contributed by atoms with Crippen molar-refractivity contribution in [3.63, 3.8) is 0 Å². The van der Waals surface area contributed by atoms with Gasteiger partial charge in [0, 0.05) is 6.54 Å². The highest BCUT2D eigenvalue weighted by Gasteiger charge is 2.23. The first kappa shape index (κ1) is 10.8. The van der Waals surface area contributed by atoms with Crippen molar-refractivity contribution in [1.29, 1.82) is 0 Å². The Hall–Kier alpha value is -1.34. The Morgan fingerprint density at radius 1 is 1.06 bits per heavy atom. The molecule has 1 aliphatic heterocycles. The minimum absolute atomic E-state index is 0.662. The van der Waals surface area contributed by atoms with Gasteiger partial charge in [0.05, 0.1) is 0 Å². The van der Waals surface area contributed by atoms with Crippen molar-refractivity contribution in [3.8, 4) is 0 Å². The number of hydrogen-bond donors (Lipinski definition) is 1. The van der Waals surface area contributed by atoms with E-state index in [2.05, 4.69) is 54.7 Å². The maximum absolute atomic E-state index is 3.53. The van der Waals surface area contributed by atoms with Crippen LogP contribution in [0.2, 0.25) is 0 Å². The van der Waals surface area contributed by atoms with Crippen LogP contribution in [0.25, 0.3) is 10.8 Å². The van der Waals surface area contributed by atoms with E-state index >= 15 is 0 Å². The molecule has 1 heteroatoms. The number of hydrogen-bond acceptors (Lipinski definition) is 1. The van der Waals surface area contributed by atoms with Gasteiger partial charge < -0.3 is 5.32 Å². The lowest BCUT2D eigenvalue weighted by molar-refractivity contribution is 0.349. The molecular formula is C16H19N. The van der Waals surface area contributed by atoms with Crippen LogP contribution in [0.15, 0.2) is 42.5 Å². The lowest BCUT2D eigenvalue weighted by Crippen LogP contribution is -2.33. The van der Waals surface area contributed by atoms with Crippen molar-refractivity contribution in [2.24, 2.45) is 5.92 Å². The van der Waals surface area contributed by atoms with Crippen molar-refractivity contribution in [2.75, 3.05) is 13.1 Å². The summed E-state index contributed by atoms with van der Waals surface area (Å²) in [6, 6.07) is 15.4. The van der Waals surface area contributed by atoms with Gasteiger partial charge in [-0.1, -0.05) is 49.4 Å². The van der Waals surface area contributed by atoms with Crippen LogP contribution in [-0.4, -0.2) is 13.1 Å². The molecule has 0 amide bonds. The molecule has 2 atom stereocenters. The van der Waals surface area contributed by atoms with Gasteiger partial charge in [0.25, 0.3) is 0 Å². The van der Waals surface area contributed by atoms with Crippen molar-refractivity contribution >= 4 is 10.8 Å². The molecule has 2 unspecified atom stereocenters. The summed E-state index contributed by atoms with van der Waals surface area (Å²) in [5, 5.41) is 6.32. The molecule has 17 heavy (non-hydrogen) atoms. The molecule has 0 aromatic heterocycles.